The highest BCUT2D eigenvalue weighted by Crippen LogP contribution is 2.47. The molecule has 49 heavy (non-hydrogen) atoms. The molecular formula is C28H26Cl3F4N5O8S. The summed E-state index contributed by atoms with van der Waals surface area (Å²) in [7, 11) is -2.43. The lowest BCUT2D eigenvalue weighted by Crippen LogP contribution is -2.44. The highest BCUT2D eigenvalue weighted by atomic mass is 35.5. The first-order chi connectivity index (χ1) is 22.4. The van der Waals surface area contributed by atoms with E-state index in [1.54, 1.807) is 16.9 Å². The van der Waals surface area contributed by atoms with Gasteiger partial charge in [-0.2, -0.15) is 25.9 Å². The molecule has 1 aromatic heterocycles. The second kappa shape index (κ2) is 14.5. The molecule has 1 heterocycles. The molecule has 2 amide bonds. The zero-order valence-corrected chi connectivity index (χ0v) is 28.7. The molecule has 0 saturated heterocycles. The van der Waals surface area contributed by atoms with Crippen LogP contribution in [0.1, 0.15) is 42.7 Å². The van der Waals surface area contributed by atoms with E-state index in [-0.39, 0.29) is 20.2 Å². The molecule has 2 aromatic carbocycles. The molecule has 1 saturated carbocycles. The van der Waals surface area contributed by atoms with Crippen LogP contribution in [0.4, 0.5) is 23.2 Å². The number of nitrogens with zero attached hydrogens (tertiary/aromatic N) is 3. The number of hydrogen-bond donors (Lipinski definition) is 3. The Hall–Kier alpha value is -3.97. The molecule has 0 unspecified atom stereocenters. The Labute approximate surface area is 290 Å². The van der Waals surface area contributed by atoms with Gasteiger partial charge in [-0.3, -0.25) is 23.7 Å². The zero-order valence-electron chi connectivity index (χ0n) is 25.7. The number of benzene rings is 2. The predicted octanol–water partition coefficient (Wildman–Crippen LogP) is 4.46. The van der Waals surface area contributed by atoms with Crippen LogP contribution >= 0.6 is 34.8 Å². The summed E-state index contributed by atoms with van der Waals surface area (Å²) in [6, 6.07) is 5.26. The van der Waals surface area contributed by atoms with Gasteiger partial charge >= 0.3 is 28.0 Å². The van der Waals surface area contributed by atoms with Crippen LogP contribution < -0.4 is 21.3 Å². The van der Waals surface area contributed by atoms with Crippen molar-refractivity contribution < 1.29 is 45.5 Å². The molecule has 1 aliphatic rings. The van der Waals surface area contributed by atoms with Gasteiger partial charge in [0.15, 0.2) is 0 Å². The summed E-state index contributed by atoms with van der Waals surface area (Å²) in [5.41, 5.74) is -7.09. The van der Waals surface area contributed by atoms with Crippen molar-refractivity contribution in [3.8, 4) is 5.69 Å². The number of alkyl halides is 3. The highest BCUT2D eigenvalue weighted by Gasteiger charge is 2.57. The second-order valence-electron chi connectivity index (χ2n) is 10.8. The van der Waals surface area contributed by atoms with Crippen LogP contribution in [-0.2, 0) is 33.0 Å². The molecule has 0 atom stereocenters. The third kappa shape index (κ3) is 8.61. The van der Waals surface area contributed by atoms with Gasteiger partial charge in [0.25, 0.3) is 11.5 Å². The monoisotopic (exact) mass is 773 g/mol. The molecule has 0 bridgehead atoms. The van der Waals surface area contributed by atoms with Crippen LogP contribution in [0, 0.1) is 11.2 Å². The van der Waals surface area contributed by atoms with E-state index in [1.165, 1.54) is 27.0 Å². The van der Waals surface area contributed by atoms with Crippen molar-refractivity contribution in [1.82, 2.24) is 18.2 Å². The van der Waals surface area contributed by atoms with E-state index in [2.05, 4.69) is 5.32 Å². The molecule has 13 nitrogen and oxygen atoms in total. The molecule has 1 aliphatic carbocycles. The van der Waals surface area contributed by atoms with Crippen molar-refractivity contribution >= 4 is 68.5 Å². The van der Waals surface area contributed by atoms with Gasteiger partial charge in [0, 0.05) is 31.2 Å². The van der Waals surface area contributed by atoms with Gasteiger partial charge in [-0.1, -0.05) is 34.8 Å². The maximum Gasteiger partial charge on any atom is 0.431 e. The SMILES string of the molecule is CC(C)N(C)S(=O)(=O)NC(=O)c1cc(-n2c(=O)cc(C(F)(F)F)n(C)c2=O)c(F)cc1Cl.O=C(O)C1(C(=O)Nc2ccc(Cl)cc2Cl)CC1. The topological polar surface area (TPSA) is 177 Å². The van der Waals surface area contributed by atoms with E-state index in [9.17, 15) is 50.0 Å². The van der Waals surface area contributed by atoms with E-state index < -0.39 is 84.7 Å². The van der Waals surface area contributed by atoms with Crippen molar-refractivity contribution in [1.29, 1.82) is 0 Å². The number of nitrogens with one attached hydrogen (secondary N) is 2. The quantitative estimate of drug-likeness (QED) is 0.222. The lowest BCUT2D eigenvalue weighted by Gasteiger charge is -2.21. The lowest BCUT2D eigenvalue weighted by molar-refractivity contribution is -0.147. The first kappa shape index (κ1) is 39.5. The number of carboxylic acid groups (broad SMARTS) is 1. The molecule has 266 valence electrons. The minimum Gasteiger partial charge on any atom is -0.480 e. The molecule has 0 spiro atoms. The summed E-state index contributed by atoms with van der Waals surface area (Å²) in [6.45, 7) is 3.05. The van der Waals surface area contributed by atoms with Crippen molar-refractivity contribution in [3.63, 3.8) is 0 Å². The zero-order chi connectivity index (χ0) is 37.4. The van der Waals surface area contributed by atoms with E-state index in [0.717, 1.165) is 11.4 Å². The van der Waals surface area contributed by atoms with Crippen LogP contribution in [0.3, 0.4) is 0 Å². The Bertz CT molecular complexity index is 2070. The fourth-order valence-electron chi connectivity index (χ4n) is 4.02. The van der Waals surface area contributed by atoms with E-state index >= 15 is 0 Å². The first-order valence-corrected chi connectivity index (χ1v) is 16.2. The summed E-state index contributed by atoms with van der Waals surface area (Å²) in [5, 5.41) is 11.6. The van der Waals surface area contributed by atoms with Crippen molar-refractivity contribution in [3.05, 3.63) is 89.4 Å². The Morgan fingerprint density at radius 1 is 1.02 bits per heavy atom. The smallest absolute Gasteiger partial charge is 0.431 e. The number of hydrogen-bond acceptors (Lipinski definition) is 7. The standard InChI is InChI=1S/C17H17ClF4N4O5S.C11H9Cl2NO3/c1-8(2)25(4)32(30,31)23-15(28)9-5-12(11(19)6-10(9)18)26-14(27)7-13(17(20,21)22)24(3)16(26)29;12-6-1-2-8(7(13)5-6)14-9(15)11(3-4-11)10(16)17/h5-8H,1-4H3,(H,23,28);1-2,5H,3-4H2,(H,14,15)(H,16,17). The Morgan fingerprint density at radius 3 is 2.10 bits per heavy atom. The number of carboxylic acids is 1. The predicted molar refractivity (Wildman–Crippen MR) is 171 cm³/mol. The van der Waals surface area contributed by atoms with E-state index in [4.69, 9.17) is 39.9 Å². The highest BCUT2D eigenvalue weighted by molar-refractivity contribution is 7.87. The fourth-order valence-corrected chi connectivity index (χ4v) is 5.76. The van der Waals surface area contributed by atoms with Gasteiger partial charge < -0.3 is 10.4 Å². The van der Waals surface area contributed by atoms with Gasteiger partial charge in [-0.05, 0) is 57.0 Å². The third-order valence-electron chi connectivity index (χ3n) is 7.23. The summed E-state index contributed by atoms with van der Waals surface area (Å²) in [5.74, 6) is -4.26. The first-order valence-electron chi connectivity index (χ1n) is 13.6. The second-order valence-corrected chi connectivity index (χ2v) is 13.8. The van der Waals surface area contributed by atoms with Gasteiger partial charge in [0.05, 0.1) is 27.0 Å². The van der Waals surface area contributed by atoms with Crippen LogP contribution in [0.15, 0.2) is 46.0 Å². The molecular weight excluding hydrogens is 749 g/mol. The molecule has 3 N–H and O–H groups in total. The summed E-state index contributed by atoms with van der Waals surface area (Å²) >= 11 is 17.4. The van der Waals surface area contributed by atoms with Crippen LogP contribution in [0.25, 0.3) is 5.69 Å². The van der Waals surface area contributed by atoms with Crippen molar-refractivity contribution in [2.75, 3.05) is 12.4 Å². The average molecular weight is 775 g/mol. The summed E-state index contributed by atoms with van der Waals surface area (Å²) < 4.78 is 80.7. The van der Waals surface area contributed by atoms with Crippen LogP contribution in [0.5, 0.6) is 0 Å². The largest absolute Gasteiger partial charge is 0.480 e. The van der Waals surface area contributed by atoms with Crippen LogP contribution in [-0.4, -0.2) is 57.8 Å². The Morgan fingerprint density at radius 2 is 1.61 bits per heavy atom. The fraction of sp³-hybridized carbons (Fsp3) is 0.321. The number of halogens is 7. The Balaban J connectivity index is 0.000000319. The Kier molecular flexibility index (Phi) is 11.7. The number of carbonyl (C=O) groups excluding carboxylic acids is 2. The minimum absolute atomic E-state index is 0.0619. The number of anilines is 1. The normalized spacial score (nSPS) is 13.8. The number of aromatic nitrogens is 2. The van der Waals surface area contributed by atoms with Gasteiger partial charge in [-0.25, -0.2) is 18.5 Å². The maximum atomic E-state index is 14.5. The third-order valence-corrected chi connectivity index (χ3v) is 9.72. The van der Waals surface area contributed by atoms with E-state index in [0.29, 0.717) is 35.7 Å². The molecule has 4 rings (SSSR count). The summed E-state index contributed by atoms with van der Waals surface area (Å²) in [4.78, 5) is 59.8. The number of amides is 2. The van der Waals surface area contributed by atoms with Crippen molar-refractivity contribution in [2.24, 2.45) is 12.5 Å². The number of aliphatic carboxylic acids is 1. The molecule has 0 radical (unpaired) electrons. The number of rotatable bonds is 8. The number of carbonyl (C=O) groups is 3. The lowest BCUT2D eigenvalue weighted by atomic mass is 10.1. The summed E-state index contributed by atoms with van der Waals surface area (Å²) in [6.07, 6.45) is -4.31. The molecule has 21 heteroatoms. The molecule has 1 fully saturated rings. The van der Waals surface area contributed by atoms with Crippen molar-refractivity contribution in [2.45, 2.75) is 38.9 Å². The van der Waals surface area contributed by atoms with Crippen LogP contribution in [0.2, 0.25) is 15.1 Å². The maximum absolute atomic E-state index is 14.5. The molecule has 3 aromatic rings. The minimum atomic E-state index is -5.04. The average Bonchev–Trinajstić information content (AvgIpc) is 3.79. The molecule has 0 aliphatic heterocycles. The van der Waals surface area contributed by atoms with Gasteiger partial charge in [0.1, 0.15) is 16.9 Å². The van der Waals surface area contributed by atoms with Gasteiger partial charge in [-0.15, -0.1) is 0 Å². The van der Waals surface area contributed by atoms with E-state index in [1.807, 2.05) is 0 Å². The van der Waals surface area contributed by atoms with Gasteiger partial charge in [0.2, 0.25) is 5.91 Å².